The van der Waals surface area contributed by atoms with Crippen molar-refractivity contribution < 1.29 is 4.74 Å². The number of rotatable bonds is 8. The minimum absolute atomic E-state index is 0.740. The van der Waals surface area contributed by atoms with Crippen LogP contribution >= 0.6 is 11.3 Å². The molecule has 0 atom stereocenters. The van der Waals surface area contributed by atoms with Gasteiger partial charge in [-0.05, 0) is 38.1 Å². The van der Waals surface area contributed by atoms with Gasteiger partial charge in [0.1, 0.15) is 5.75 Å². The zero-order valence-corrected chi connectivity index (χ0v) is 16.3. The van der Waals surface area contributed by atoms with Crippen LogP contribution < -0.4 is 10.2 Å². The number of ether oxygens (including phenoxy) is 1. The molecule has 1 fully saturated rings. The second-order valence-electron chi connectivity index (χ2n) is 6.58. The van der Waals surface area contributed by atoms with Gasteiger partial charge in [0, 0.05) is 38.1 Å². The Morgan fingerprint density at radius 2 is 2.15 bits per heavy atom. The first kappa shape index (κ1) is 18.8. The van der Waals surface area contributed by atoms with E-state index in [2.05, 4.69) is 32.4 Å². The molecule has 1 saturated heterocycles. The van der Waals surface area contributed by atoms with Gasteiger partial charge in [-0.3, -0.25) is 5.43 Å². The fraction of sp³-hybridized carbons (Fsp3) is 0.474. The maximum atomic E-state index is 5.90. The average Bonchev–Trinajstić information content (AvgIpc) is 3.06. The van der Waals surface area contributed by atoms with Crippen molar-refractivity contribution in [1.29, 1.82) is 0 Å². The number of hydrogen-bond donors (Lipinski definition) is 1. The van der Waals surface area contributed by atoms with Gasteiger partial charge in [-0.2, -0.15) is 5.10 Å². The highest BCUT2D eigenvalue weighted by Crippen LogP contribution is 2.15. The van der Waals surface area contributed by atoms with E-state index in [-0.39, 0.29) is 0 Å². The Labute approximate surface area is 159 Å². The summed E-state index contributed by atoms with van der Waals surface area (Å²) in [4.78, 5) is 9.21. The number of anilines is 1. The Balaban J connectivity index is 1.39. The molecule has 7 heteroatoms. The van der Waals surface area contributed by atoms with E-state index in [4.69, 9.17) is 4.74 Å². The van der Waals surface area contributed by atoms with Gasteiger partial charge >= 0.3 is 0 Å². The number of nitrogens with zero attached hydrogens (tertiary/aromatic N) is 4. The topological polar surface area (TPSA) is 53.0 Å². The quantitative estimate of drug-likeness (QED) is 0.438. The number of aryl methyl sites for hydroxylation is 1. The monoisotopic (exact) mass is 373 g/mol. The Hall–Kier alpha value is -1.96. The standard InChI is InChI=1S/C19H27N5OS/c1-16-15-26-19(21-16)22-20-14-17-5-3-6-18(13-17)25-12-4-7-24-10-8-23(2)9-11-24/h3,5-6,13-15H,4,7-12H2,1-2H3,(H,21,22). The van der Waals surface area contributed by atoms with Crippen LogP contribution in [0.1, 0.15) is 17.7 Å². The molecule has 2 aromatic rings. The third-order valence-electron chi connectivity index (χ3n) is 4.33. The number of likely N-dealkylation sites (N-methyl/N-ethyl adjacent to an activating group) is 1. The number of hydrogen-bond acceptors (Lipinski definition) is 7. The maximum Gasteiger partial charge on any atom is 0.203 e. The van der Waals surface area contributed by atoms with Crippen LogP contribution in [0.25, 0.3) is 0 Å². The largest absolute Gasteiger partial charge is 0.494 e. The van der Waals surface area contributed by atoms with Crippen LogP contribution in [0.3, 0.4) is 0 Å². The van der Waals surface area contributed by atoms with Crippen LogP contribution in [0, 0.1) is 6.92 Å². The van der Waals surface area contributed by atoms with Crippen LogP contribution in [0.4, 0.5) is 5.13 Å². The Kier molecular flexibility index (Phi) is 6.99. The summed E-state index contributed by atoms with van der Waals surface area (Å²) < 4.78 is 5.90. The van der Waals surface area contributed by atoms with E-state index in [9.17, 15) is 0 Å². The predicted octanol–water partition coefficient (Wildman–Crippen LogP) is 2.91. The van der Waals surface area contributed by atoms with E-state index in [1.54, 1.807) is 17.6 Å². The lowest BCUT2D eigenvalue weighted by molar-refractivity contribution is 0.145. The van der Waals surface area contributed by atoms with Gasteiger partial charge in [0.15, 0.2) is 0 Å². The maximum absolute atomic E-state index is 5.90. The van der Waals surface area contributed by atoms with Gasteiger partial charge < -0.3 is 14.5 Å². The van der Waals surface area contributed by atoms with Crippen molar-refractivity contribution in [3.63, 3.8) is 0 Å². The fourth-order valence-corrected chi connectivity index (χ4v) is 3.44. The lowest BCUT2D eigenvalue weighted by Gasteiger charge is -2.32. The number of thiazole rings is 1. The Morgan fingerprint density at radius 3 is 2.92 bits per heavy atom. The van der Waals surface area contributed by atoms with Crippen LogP contribution in [-0.2, 0) is 0 Å². The van der Waals surface area contributed by atoms with Crippen molar-refractivity contribution in [3.8, 4) is 5.75 Å². The summed E-state index contributed by atoms with van der Waals surface area (Å²) in [7, 11) is 2.18. The van der Waals surface area contributed by atoms with Gasteiger partial charge in [-0.25, -0.2) is 4.98 Å². The van der Waals surface area contributed by atoms with E-state index in [0.717, 1.165) is 67.9 Å². The molecule has 0 amide bonds. The first-order valence-electron chi connectivity index (χ1n) is 9.04. The van der Waals surface area contributed by atoms with Crippen molar-refractivity contribution in [2.45, 2.75) is 13.3 Å². The summed E-state index contributed by atoms with van der Waals surface area (Å²) in [5.74, 6) is 0.887. The van der Waals surface area contributed by atoms with E-state index >= 15 is 0 Å². The molecule has 140 valence electrons. The number of aromatic nitrogens is 1. The predicted molar refractivity (Wildman–Crippen MR) is 109 cm³/mol. The fourth-order valence-electron chi connectivity index (χ4n) is 2.80. The van der Waals surface area contributed by atoms with Crippen LogP contribution in [0.2, 0.25) is 0 Å². The van der Waals surface area contributed by atoms with Crippen LogP contribution in [0.5, 0.6) is 5.75 Å². The van der Waals surface area contributed by atoms with E-state index in [1.165, 1.54) is 0 Å². The summed E-state index contributed by atoms with van der Waals surface area (Å²) in [6, 6.07) is 8.00. The first-order valence-corrected chi connectivity index (χ1v) is 9.92. The first-order chi connectivity index (χ1) is 12.7. The second-order valence-corrected chi connectivity index (χ2v) is 7.44. The minimum Gasteiger partial charge on any atom is -0.494 e. The Morgan fingerprint density at radius 1 is 1.31 bits per heavy atom. The van der Waals surface area contributed by atoms with Gasteiger partial charge in [0.25, 0.3) is 0 Å². The highest BCUT2D eigenvalue weighted by atomic mass is 32.1. The molecule has 1 aromatic carbocycles. The molecule has 26 heavy (non-hydrogen) atoms. The molecule has 0 unspecified atom stereocenters. The van der Waals surface area contributed by atoms with E-state index < -0.39 is 0 Å². The molecular weight excluding hydrogens is 346 g/mol. The molecule has 2 heterocycles. The van der Waals surface area contributed by atoms with Gasteiger partial charge in [0.05, 0.1) is 18.5 Å². The van der Waals surface area contributed by atoms with Crippen molar-refractivity contribution in [3.05, 3.63) is 40.9 Å². The third kappa shape index (κ3) is 6.09. The van der Waals surface area contributed by atoms with Crippen molar-refractivity contribution >= 4 is 22.7 Å². The number of piperazine rings is 1. The second kappa shape index (κ2) is 9.66. The van der Waals surface area contributed by atoms with E-state index in [1.807, 2.05) is 36.6 Å². The SMILES string of the molecule is Cc1csc(NN=Cc2cccc(OCCCN3CCN(C)CC3)c2)n1. The number of nitrogens with one attached hydrogen (secondary N) is 1. The van der Waals surface area contributed by atoms with Crippen molar-refractivity contribution in [1.82, 2.24) is 14.8 Å². The molecule has 1 aliphatic heterocycles. The van der Waals surface area contributed by atoms with Gasteiger partial charge in [-0.15, -0.1) is 11.3 Å². The molecular formula is C19H27N5OS. The molecule has 0 aliphatic carbocycles. The zero-order chi connectivity index (χ0) is 18.2. The highest BCUT2D eigenvalue weighted by Gasteiger charge is 2.12. The summed E-state index contributed by atoms with van der Waals surface area (Å²) in [5.41, 5.74) is 4.95. The van der Waals surface area contributed by atoms with Gasteiger partial charge in [-0.1, -0.05) is 12.1 Å². The molecule has 3 rings (SSSR count). The zero-order valence-electron chi connectivity index (χ0n) is 15.5. The van der Waals surface area contributed by atoms with Crippen LogP contribution in [0.15, 0.2) is 34.7 Å². The minimum atomic E-state index is 0.740. The molecule has 0 radical (unpaired) electrons. The van der Waals surface area contributed by atoms with Crippen molar-refractivity contribution in [2.24, 2.45) is 5.10 Å². The lowest BCUT2D eigenvalue weighted by atomic mass is 10.2. The molecule has 6 nitrogen and oxygen atoms in total. The smallest absolute Gasteiger partial charge is 0.203 e. The van der Waals surface area contributed by atoms with E-state index in [0.29, 0.717) is 0 Å². The van der Waals surface area contributed by atoms with Crippen molar-refractivity contribution in [2.75, 3.05) is 51.8 Å². The third-order valence-corrected chi connectivity index (χ3v) is 5.20. The lowest BCUT2D eigenvalue weighted by Crippen LogP contribution is -2.44. The summed E-state index contributed by atoms with van der Waals surface area (Å²) in [5, 5.41) is 7.03. The van der Waals surface area contributed by atoms with Crippen LogP contribution in [-0.4, -0.2) is 67.4 Å². The molecule has 1 aromatic heterocycles. The number of hydrazone groups is 1. The Bertz CT molecular complexity index is 709. The van der Waals surface area contributed by atoms with Gasteiger partial charge in [0.2, 0.25) is 5.13 Å². The average molecular weight is 374 g/mol. The molecule has 1 N–H and O–H groups in total. The molecule has 0 saturated carbocycles. The molecule has 0 bridgehead atoms. The summed E-state index contributed by atoms with van der Waals surface area (Å²) in [6.45, 7) is 8.46. The summed E-state index contributed by atoms with van der Waals surface area (Å²) in [6.07, 6.45) is 2.83. The molecule has 0 spiro atoms. The highest BCUT2D eigenvalue weighted by molar-refractivity contribution is 7.13. The molecule has 1 aliphatic rings. The summed E-state index contributed by atoms with van der Waals surface area (Å²) >= 11 is 1.55. The number of benzene rings is 1. The normalized spacial score (nSPS) is 16.2.